The average Bonchev–Trinajstić information content (AvgIpc) is 3.11. The number of amides is 1. The van der Waals surface area contributed by atoms with Crippen LogP contribution in [-0.2, 0) is 4.79 Å². The van der Waals surface area contributed by atoms with Crippen molar-refractivity contribution in [3.63, 3.8) is 0 Å². The fourth-order valence-corrected chi connectivity index (χ4v) is 3.64. The van der Waals surface area contributed by atoms with Gasteiger partial charge in [0.1, 0.15) is 17.3 Å². The number of rotatable bonds is 3. The summed E-state index contributed by atoms with van der Waals surface area (Å²) in [5, 5.41) is 0. The molecule has 1 fully saturated rings. The topological polar surface area (TPSA) is 51.3 Å². The van der Waals surface area contributed by atoms with Crippen molar-refractivity contribution in [2.75, 3.05) is 13.1 Å². The zero-order valence-corrected chi connectivity index (χ0v) is 14.4. The van der Waals surface area contributed by atoms with Crippen LogP contribution in [0.15, 0.2) is 22.9 Å². The number of hydrogen-bond donors (Lipinski definition) is 0. The lowest BCUT2D eigenvalue weighted by Gasteiger charge is -2.35. The fraction of sp³-hybridized carbons (Fsp3) is 0.556. The van der Waals surface area contributed by atoms with E-state index in [1.165, 1.54) is 0 Å². The van der Waals surface area contributed by atoms with Crippen LogP contribution >= 0.6 is 0 Å². The Bertz CT molecular complexity index is 701. The lowest BCUT2D eigenvalue weighted by atomic mass is 9.97. The summed E-state index contributed by atoms with van der Waals surface area (Å²) in [5.74, 6) is 2.76. The van der Waals surface area contributed by atoms with Crippen LogP contribution in [0.5, 0.6) is 0 Å². The first-order valence-corrected chi connectivity index (χ1v) is 8.32. The van der Waals surface area contributed by atoms with E-state index in [0.29, 0.717) is 6.04 Å². The molecule has 1 aliphatic rings. The molecule has 0 radical (unpaired) electrons. The van der Waals surface area contributed by atoms with Crippen molar-refractivity contribution in [3.8, 4) is 0 Å². The molecule has 0 spiro atoms. The lowest BCUT2D eigenvalue weighted by molar-refractivity contribution is -0.134. The molecule has 3 rings (SSSR count). The number of furan rings is 1. The molecule has 124 valence electrons. The molecule has 2 atom stereocenters. The van der Waals surface area contributed by atoms with E-state index in [4.69, 9.17) is 4.42 Å². The van der Waals surface area contributed by atoms with E-state index in [0.717, 1.165) is 48.8 Å². The van der Waals surface area contributed by atoms with Crippen molar-refractivity contribution in [1.82, 2.24) is 14.5 Å². The summed E-state index contributed by atoms with van der Waals surface area (Å²) in [5.41, 5.74) is 1.01. The van der Waals surface area contributed by atoms with Gasteiger partial charge in [0.05, 0.1) is 12.0 Å². The van der Waals surface area contributed by atoms with Crippen molar-refractivity contribution in [2.45, 2.75) is 52.5 Å². The first kappa shape index (κ1) is 15.8. The van der Waals surface area contributed by atoms with Crippen molar-refractivity contribution < 1.29 is 9.21 Å². The average molecular weight is 315 g/mol. The van der Waals surface area contributed by atoms with Gasteiger partial charge in [0.2, 0.25) is 5.91 Å². The molecular weight excluding hydrogens is 290 g/mol. The van der Waals surface area contributed by atoms with Gasteiger partial charge in [-0.25, -0.2) is 4.98 Å². The quantitative estimate of drug-likeness (QED) is 0.872. The molecule has 0 unspecified atom stereocenters. The third kappa shape index (κ3) is 3.05. The van der Waals surface area contributed by atoms with Gasteiger partial charge in [-0.2, -0.15) is 0 Å². The molecule has 0 saturated carbocycles. The lowest BCUT2D eigenvalue weighted by Crippen LogP contribution is -2.42. The highest BCUT2D eigenvalue weighted by atomic mass is 16.3. The first-order valence-electron chi connectivity index (χ1n) is 8.32. The van der Waals surface area contributed by atoms with Crippen LogP contribution in [0.25, 0.3) is 0 Å². The van der Waals surface area contributed by atoms with Gasteiger partial charge in [-0.15, -0.1) is 0 Å². The summed E-state index contributed by atoms with van der Waals surface area (Å²) in [7, 11) is 0. The Balaban J connectivity index is 1.74. The molecule has 2 aromatic heterocycles. The van der Waals surface area contributed by atoms with Gasteiger partial charge >= 0.3 is 0 Å². The highest BCUT2D eigenvalue weighted by Crippen LogP contribution is 2.28. The van der Waals surface area contributed by atoms with Crippen molar-refractivity contribution in [1.29, 1.82) is 0 Å². The molecule has 1 aliphatic heterocycles. The number of carbonyl (C=O) groups excluding carboxylic acids is 1. The van der Waals surface area contributed by atoms with Gasteiger partial charge in [0.15, 0.2) is 0 Å². The predicted octanol–water partition coefficient (Wildman–Crippen LogP) is 3.37. The maximum absolute atomic E-state index is 12.9. The second-order valence-electron chi connectivity index (χ2n) is 6.55. The highest BCUT2D eigenvalue weighted by Gasteiger charge is 2.30. The zero-order chi connectivity index (χ0) is 16.6. The minimum Gasteiger partial charge on any atom is -0.466 e. The highest BCUT2D eigenvalue weighted by molar-refractivity contribution is 5.83. The van der Waals surface area contributed by atoms with E-state index in [-0.39, 0.29) is 11.8 Å². The Morgan fingerprint density at radius 2 is 2.17 bits per heavy atom. The van der Waals surface area contributed by atoms with Crippen LogP contribution in [0.3, 0.4) is 0 Å². The van der Waals surface area contributed by atoms with Crippen LogP contribution in [0.2, 0.25) is 0 Å². The minimum absolute atomic E-state index is 0.157. The molecular formula is C18H25N3O2. The molecule has 0 aliphatic carbocycles. The van der Waals surface area contributed by atoms with Crippen LogP contribution in [-0.4, -0.2) is 33.4 Å². The van der Waals surface area contributed by atoms with Crippen LogP contribution in [0.4, 0.5) is 0 Å². The van der Waals surface area contributed by atoms with Gasteiger partial charge in [-0.05, 0) is 46.6 Å². The van der Waals surface area contributed by atoms with Crippen LogP contribution < -0.4 is 0 Å². The molecule has 5 heteroatoms. The largest absolute Gasteiger partial charge is 0.466 e. The van der Waals surface area contributed by atoms with Crippen molar-refractivity contribution in [2.24, 2.45) is 0 Å². The maximum Gasteiger partial charge on any atom is 0.230 e. The van der Waals surface area contributed by atoms with Crippen molar-refractivity contribution in [3.05, 3.63) is 41.4 Å². The fourth-order valence-electron chi connectivity index (χ4n) is 3.64. The Hall–Kier alpha value is -2.04. The minimum atomic E-state index is -0.157. The molecule has 2 aromatic rings. The van der Waals surface area contributed by atoms with Gasteiger partial charge in [-0.3, -0.25) is 4.79 Å². The smallest absolute Gasteiger partial charge is 0.230 e. The summed E-state index contributed by atoms with van der Waals surface area (Å²) in [6.07, 6.45) is 5.97. The van der Waals surface area contributed by atoms with E-state index in [1.54, 1.807) is 0 Å². The first-order chi connectivity index (χ1) is 11.0. The Morgan fingerprint density at radius 1 is 1.39 bits per heavy atom. The Labute approximate surface area is 137 Å². The number of carbonyl (C=O) groups is 1. The Kier molecular flexibility index (Phi) is 4.28. The van der Waals surface area contributed by atoms with Gasteiger partial charge in [0.25, 0.3) is 0 Å². The number of piperidine rings is 1. The van der Waals surface area contributed by atoms with Crippen LogP contribution in [0.1, 0.15) is 54.6 Å². The number of likely N-dealkylation sites (tertiary alicyclic amines) is 1. The number of aryl methyl sites for hydroxylation is 3. The molecule has 5 nitrogen and oxygen atoms in total. The van der Waals surface area contributed by atoms with E-state index in [1.807, 2.05) is 51.1 Å². The molecule has 3 heterocycles. The summed E-state index contributed by atoms with van der Waals surface area (Å²) in [6, 6.07) is 2.31. The Morgan fingerprint density at radius 3 is 2.78 bits per heavy atom. The molecule has 1 amide bonds. The summed E-state index contributed by atoms with van der Waals surface area (Å²) >= 11 is 0. The van der Waals surface area contributed by atoms with E-state index in [2.05, 4.69) is 9.55 Å². The van der Waals surface area contributed by atoms with Gasteiger partial charge in [0, 0.05) is 31.0 Å². The number of aromatic nitrogens is 2. The third-order valence-corrected chi connectivity index (χ3v) is 4.88. The maximum atomic E-state index is 12.9. The SMILES string of the molecule is Cc1cc([C@H](C)C(=O)N2CCC[C@@H](n3ccnc3C)C2)c(C)o1. The normalized spacial score (nSPS) is 19.8. The molecule has 0 bridgehead atoms. The number of nitrogens with zero attached hydrogens (tertiary/aromatic N) is 3. The van der Waals surface area contributed by atoms with E-state index >= 15 is 0 Å². The molecule has 1 saturated heterocycles. The third-order valence-electron chi connectivity index (χ3n) is 4.88. The second-order valence-corrected chi connectivity index (χ2v) is 6.55. The predicted molar refractivity (Wildman–Crippen MR) is 88.4 cm³/mol. The monoisotopic (exact) mass is 315 g/mol. The van der Waals surface area contributed by atoms with E-state index in [9.17, 15) is 4.79 Å². The van der Waals surface area contributed by atoms with Crippen molar-refractivity contribution >= 4 is 5.91 Å². The molecule has 0 N–H and O–H groups in total. The second kappa shape index (κ2) is 6.22. The van der Waals surface area contributed by atoms with E-state index < -0.39 is 0 Å². The molecule has 0 aromatic carbocycles. The molecule has 23 heavy (non-hydrogen) atoms. The van der Waals surface area contributed by atoms with Crippen LogP contribution in [0, 0.1) is 20.8 Å². The number of hydrogen-bond acceptors (Lipinski definition) is 3. The standard InChI is InChI=1S/C18H25N3O2/c1-12-10-17(14(3)23-12)13(2)18(22)20-8-5-6-16(11-20)21-9-7-19-15(21)4/h7,9-10,13,16H,5-6,8,11H2,1-4H3/t13-,16+/m0/s1. The number of imidazole rings is 1. The van der Waals surface area contributed by atoms with Gasteiger partial charge in [-0.1, -0.05) is 0 Å². The summed E-state index contributed by atoms with van der Waals surface area (Å²) in [6.45, 7) is 9.44. The zero-order valence-electron chi connectivity index (χ0n) is 14.4. The summed E-state index contributed by atoms with van der Waals surface area (Å²) in [4.78, 5) is 19.2. The summed E-state index contributed by atoms with van der Waals surface area (Å²) < 4.78 is 7.78. The van der Waals surface area contributed by atoms with Gasteiger partial charge < -0.3 is 13.9 Å².